The Morgan fingerprint density at radius 1 is 1.17 bits per heavy atom. The summed E-state index contributed by atoms with van der Waals surface area (Å²) in [6.45, 7) is 8.70. The first kappa shape index (κ1) is 13.3. The van der Waals surface area contributed by atoms with Gasteiger partial charge in [0.15, 0.2) is 0 Å². The standard InChI is InChI=1S/C15H21F2N/c1-10(2)12-5-6-13-14(9-12)18(11(3)4)8-7-15(13,16)17/h5-6,9-11H,7-8H2,1-4H3. The Morgan fingerprint density at radius 3 is 2.39 bits per heavy atom. The third kappa shape index (κ3) is 2.23. The van der Waals surface area contributed by atoms with Gasteiger partial charge in [-0.15, -0.1) is 0 Å². The molecule has 0 fully saturated rings. The molecule has 2 rings (SSSR count). The summed E-state index contributed by atoms with van der Waals surface area (Å²) in [4.78, 5) is 2.08. The summed E-state index contributed by atoms with van der Waals surface area (Å²) in [5.41, 5.74) is 2.02. The molecule has 1 heterocycles. The first-order valence-corrected chi connectivity index (χ1v) is 6.62. The van der Waals surface area contributed by atoms with E-state index in [9.17, 15) is 8.78 Å². The summed E-state index contributed by atoms with van der Waals surface area (Å²) < 4.78 is 27.9. The van der Waals surface area contributed by atoms with Gasteiger partial charge in [-0.2, -0.15) is 0 Å². The van der Waals surface area contributed by atoms with Gasteiger partial charge in [0.25, 0.3) is 5.92 Å². The lowest BCUT2D eigenvalue weighted by molar-refractivity contribution is -0.0156. The molecule has 0 radical (unpaired) electrons. The maximum absolute atomic E-state index is 13.9. The predicted molar refractivity (Wildman–Crippen MR) is 71.5 cm³/mol. The Kier molecular flexibility index (Phi) is 3.35. The Bertz CT molecular complexity index is 438. The van der Waals surface area contributed by atoms with Gasteiger partial charge < -0.3 is 4.90 Å². The second-order valence-corrected chi connectivity index (χ2v) is 5.67. The lowest BCUT2D eigenvalue weighted by atomic mass is 9.92. The molecule has 0 aromatic heterocycles. The van der Waals surface area contributed by atoms with E-state index in [0.29, 0.717) is 18.2 Å². The van der Waals surface area contributed by atoms with Gasteiger partial charge in [0.2, 0.25) is 0 Å². The number of benzene rings is 1. The fraction of sp³-hybridized carbons (Fsp3) is 0.600. The minimum absolute atomic E-state index is 0.0841. The first-order valence-electron chi connectivity index (χ1n) is 6.62. The van der Waals surface area contributed by atoms with E-state index in [1.165, 1.54) is 0 Å². The highest BCUT2D eigenvalue weighted by atomic mass is 19.3. The van der Waals surface area contributed by atoms with Crippen LogP contribution in [0.25, 0.3) is 0 Å². The average Bonchev–Trinajstić information content (AvgIpc) is 2.27. The van der Waals surface area contributed by atoms with Crippen LogP contribution < -0.4 is 4.90 Å². The van der Waals surface area contributed by atoms with Gasteiger partial charge in [-0.1, -0.05) is 26.0 Å². The highest BCUT2D eigenvalue weighted by Gasteiger charge is 2.40. The van der Waals surface area contributed by atoms with Crippen LogP contribution in [0.4, 0.5) is 14.5 Å². The maximum Gasteiger partial charge on any atom is 0.276 e. The molecule has 1 aromatic carbocycles. The van der Waals surface area contributed by atoms with Gasteiger partial charge in [-0.3, -0.25) is 0 Å². The number of nitrogens with zero attached hydrogens (tertiary/aromatic N) is 1. The molecule has 3 heteroatoms. The van der Waals surface area contributed by atoms with E-state index in [1.54, 1.807) is 6.07 Å². The van der Waals surface area contributed by atoms with E-state index >= 15 is 0 Å². The number of hydrogen-bond donors (Lipinski definition) is 0. The molecule has 0 N–H and O–H groups in total. The molecular formula is C15H21F2N. The molecule has 1 nitrogen and oxygen atoms in total. The van der Waals surface area contributed by atoms with E-state index in [2.05, 4.69) is 32.6 Å². The highest BCUT2D eigenvalue weighted by Crippen LogP contribution is 2.43. The van der Waals surface area contributed by atoms with Crippen molar-refractivity contribution in [3.05, 3.63) is 29.3 Å². The molecule has 0 saturated carbocycles. The third-order valence-corrected chi connectivity index (χ3v) is 3.68. The molecule has 100 valence electrons. The molecule has 0 atom stereocenters. The Morgan fingerprint density at radius 2 is 1.83 bits per heavy atom. The van der Waals surface area contributed by atoms with Gasteiger partial charge in [0.05, 0.1) is 0 Å². The molecule has 0 saturated heterocycles. The summed E-state index contributed by atoms with van der Waals surface area (Å²) in [7, 11) is 0. The van der Waals surface area contributed by atoms with E-state index in [1.807, 2.05) is 12.1 Å². The zero-order chi connectivity index (χ0) is 13.5. The molecule has 0 amide bonds. The summed E-state index contributed by atoms with van der Waals surface area (Å²) in [5, 5.41) is 0. The van der Waals surface area contributed by atoms with Crippen LogP contribution in [0.15, 0.2) is 18.2 Å². The van der Waals surface area contributed by atoms with Gasteiger partial charge in [0.1, 0.15) is 0 Å². The quantitative estimate of drug-likeness (QED) is 0.749. The molecule has 0 unspecified atom stereocenters. The second kappa shape index (κ2) is 4.52. The molecule has 0 spiro atoms. The summed E-state index contributed by atoms with van der Waals surface area (Å²) in [5.74, 6) is -2.32. The van der Waals surface area contributed by atoms with E-state index in [0.717, 1.165) is 5.56 Å². The molecule has 0 aliphatic carbocycles. The molecule has 1 aliphatic heterocycles. The number of hydrogen-bond acceptors (Lipinski definition) is 1. The monoisotopic (exact) mass is 253 g/mol. The minimum Gasteiger partial charge on any atom is -0.368 e. The largest absolute Gasteiger partial charge is 0.368 e. The Hall–Kier alpha value is -1.12. The van der Waals surface area contributed by atoms with Crippen molar-refractivity contribution in [2.75, 3.05) is 11.4 Å². The molecule has 1 aliphatic rings. The lowest BCUT2D eigenvalue weighted by Crippen LogP contribution is -2.40. The van der Waals surface area contributed by atoms with Crippen molar-refractivity contribution in [2.24, 2.45) is 0 Å². The second-order valence-electron chi connectivity index (χ2n) is 5.67. The Labute approximate surface area is 108 Å². The topological polar surface area (TPSA) is 3.24 Å². The number of alkyl halides is 2. The molecule has 1 aromatic rings. The van der Waals surface area contributed by atoms with Crippen LogP contribution in [-0.4, -0.2) is 12.6 Å². The first-order chi connectivity index (χ1) is 8.33. The zero-order valence-electron chi connectivity index (χ0n) is 11.5. The van der Waals surface area contributed by atoms with Gasteiger partial charge >= 0.3 is 0 Å². The lowest BCUT2D eigenvalue weighted by Gasteiger charge is -2.38. The summed E-state index contributed by atoms with van der Waals surface area (Å²) in [6, 6.07) is 5.63. The third-order valence-electron chi connectivity index (χ3n) is 3.68. The Balaban J connectivity index is 2.53. The van der Waals surface area contributed by atoms with Gasteiger partial charge in [-0.05, 0) is 31.4 Å². The maximum atomic E-state index is 13.9. The van der Waals surface area contributed by atoms with Crippen LogP contribution in [0.5, 0.6) is 0 Å². The van der Waals surface area contributed by atoms with Crippen LogP contribution in [0.3, 0.4) is 0 Å². The number of anilines is 1. The van der Waals surface area contributed by atoms with Crippen molar-refractivity contribution in [3.8, 4) is 0 Å². The van der Waals surface area contributed by atoms with Crippen molar-refractivity contribution in [3.63, 3.8) is 0 Å². The van der Waals surface area contributed by atoms with Crippen molar-refractivity contribution < 1.29 is 8.78 Å². The average molecular weight is 253 g/mol. The van der Waals surface area contributed by atoms with Crippen molar-refractivity contribution in [1.29, 1.82) is 0 Å². The molecular weight excluding hydrogens is 232 g/mol. The predicted octanol–water partition coefficient (Wildman–Crippen LogP) is 4.52. The minimum atomic E-state index is -2.68. The van der Waals surface area contributed by atoms with Crippen LogP contribution in [-0.2, 0) is 5.92 Å². The fourth-order valence-electron chi connectivity index (χ4n) is 2.51. The van der Waals surface area contributed by atoms with E-state index < -0.39 is 5.92 Å². The fourth-order valence-corrected chi connectivity index (χ4v) is 2.51. The molecule has 18 heavy (non-hydrogen) atoms. The van der Waals surface area contributed by atoms with Crippen molar-refractivity contribution >= 4 is 5.69 Å². The van der Waals surface area contributed by atoms with E-state index in [-0.39, 0.29) is 18.0 Å². The smallest absolute Gasteiger partial charge is 0.276 e. The normalized spacial score (nSPS) is 18.3. The molecule has 0 bridgehead atoms. The van der Waals surface area contributed by atoms with Crippen molar-refractivity contribution in [1.82, 2.24) is 0 Å². The zero-order valence-corrected chi connectivity index (χ0v) is 11.5. The highest BCUT2D eigenvalue weighted by molar-refractivity contribution is 5.60. The van der Waals surface area contributed by atoms with Crippen LogP contribution >= 0.6 is 0 Å². The van der Waals surface area contributed by atoms with Crippen molar-refractivity contribution in [2.45, 2.75) is 52.0 Å². The SMILES string of the molecule is CC(C)c1ccc2c(c1)N(C(C)C)CCC2(F)F. The van der Waals surface area contributed by atoms with Crippen LogP contribution in [0.1, 0.15) is 51.2 Å². The summed E-state index contributed by atoms with van der Waals surface area (Å²) >= 11 is 0. The van der Waals surface area contributed by atoms with Gasteiger partial charge in [0, 0.05) is 30.3 Å². The number of fused-ring (bicyclic) bond motifs is 1. The van der Waals surface area contributed by atoms with Crippen LogP contribution in [0.2, 0.25) is 0 Å². The van der Waals surface area contributed by atoms with Crippen LogP contribution in [0, 0.1) is 0 Å². The summed E-state index contributed by atoms with van der Waals surface area (Å²) in [6.07, 6.45) is -0.0841. The number of halogens is 2. The van der Waals surface area contributed by atoms with Gasteiger partial charge in [-0.25, -0.2) is 8.78 Å². The van der Waals surface area contributed by atoms with E-state index in [4.69, 9.17) is 0 Å². The number of rotatable bonds is 2.